The summed E-state index contributed by atoms with van der Waals surface area (Å²) in [6.07, 6.45) is 0. The lowest BCUT2D eigenvalue weighted by molar-refractivity contribution is -0.118. The number of nitrogens with one attached hydrogen (secondary N) is 1. The molecule has 118 valence electrons. The summed E-state index contributed by atoms with van der Waals surface area (Å²) in [5.41, 5.74) is 2.58. The average Bonchev–Trinajstić information content (AvgIpc) is 3.00. The molecule has 0 aliphatic carbocycles. The molecule has 1 amide bonds. The number of hydrogen-bond acceptors (Lipinski definition) is 5. The maximum absolute atomic E-state index is 12.1. The predicted molar refractivity (Wildman–Crippen MR) is 92.7 cm³/mol. The van der Waals surface area contributed by atoms with E-state index in [0.29, 0.717) is 32.5 Å². The summed E-state index contributed by atoms with van der Waals surface area (Å²) in [4.78, 5) is 12.1. The highest BCUT2D eigenvalue weighted by Crippen LogP contribution is 2.30. The number of nitrogens with zero attached hydrogens (tertiary/aromatic N) is 2. The Morgan fingerprint density at radius 1 is 1.22 bits per heavy atom. The van der Waals surface area contributed by atoms with Gasteiger partial charge in [0.15, 0.2) is 6.61 Å². The van der Waals surface area contributed by atoms with Crippen LogP contribution in [-0.4, -0.2) is 21.3 Å². The number of benzene rings is 2. The molecule has 8 heteroatoms. The maximum atomic E-state index is 12.1. The molecule has 0 aliphatic rings. The molecular formula is C15H11Cl2N3O2S. The lowest BCUT2D eigenvalue weighted by atomic mass is 10.2. The van der Waals surface area contributed by atoms with Gasteiger partial charge in [-0.2, -0.15) is 8.75 Å². The van der Waals surface area contributed by atoms with Crippen molar-refractivity contribution in [1.29, 1.82) is 0 Å². The molecule has 0 unspecified atom stereocenters. The van der Waals surface area contributed by atoms with Gasteiger partial charge < -0.3 is 10.1 Å². The van der Waals surface area contributed by atoms with Crippen LogP contribution >= 0.6 is 34.9 Å². The molecule has 0 radical (unpaired) electrons. The predicted octanol–water partition coefficient (Wildman–Crippen LogP) is 4.32. The molecule has 1 aromatic heterocycles. The lowest BCUT2D eigenvalue weighted by Gasteiger charge is -2.10. The molecular weight excluding hydrogens is 357 g/mol. The molecule has 3 aromatic rings. The highest BCUT2D eigenvalue weighted by Gasteiger charge is 2.13. The number of fused-ring (bicyclic) bond motifs is 1. The van der Waals surface area contributed by atoms with E-state index in [-0.39, 0.29) is 12.5 Å². The monoisotopic (exact) mass is 367 g/mol. The van der Waals surface area contributed by atoms with Crippen LogP contribution in [0, 0.1) is 6.92 Å². The lowest BCUT2D eigenvalue weighted by Crippen LogP contribution is -2.20. The fraction of sp³-hybridized carbons (Fsp3) is 0.133. The average molecular weight is 368 g/mol. The molecule has 0 saturated carbocycles. The highest BCUT2D eigenvalue weighted by atomic mass is 35.5. The summed E-state index contributed by atoms with van der Waals surface area (Å²) in [6.45, 7) is 1.72. The topological polar surface area (TPSA) is 64.1 Å². The first-order valence-corrected chi connectivity index (χ1v) is 8.13. The van der Waals surface area contributed by atoms with Crippen LogP contribution in [0.25, 0.3) is 11.0 Å². The van der Waals surface area contributed by atoms with E-state index in [0.717, 1.165) is 17.3 Å². The number of carbonyl (C=O) groups excluding carboxylic acids is 1. The number of halogens is 2. The summed E-state index contributed by atoms with van der Waals surface area (Å²) in [5, 5.41) is 3.77. The van der Waals surface area contributed by atoms with E-state index < -0.39 is 0 Å². The Morgan fingerprint density at radius 2 is 2.00 bits per heavy atom. The van der Waals surface area contributed by atoms with Crippen molar-refractivity contribution >= 4 is 57.6 Å². The second kappa shape index (κ2) is 6.70. The molecule has 2 aromatic carbocycles. The molecule has 5 nitrogen and oxygen atoms in total. The van der Waals surface area contributed by atoms with Crippen molar-refractivity contribution in [2.75, 3.05) is 11.9 Å². The standard InChI is InChI=1S/C15H11Cl2N3O2S/c1-8-6-9(2-3-10(8)16)22-7-13(21)18-14-11(17)4-5-12-15(14)20-23-19-12/h2-6H,7H2,1H3,(H,18,21). The first-order chi connectivity index (χ1) is 11.0. The number of aryl methyl sites for hydroxylation is 1. The Bertz CT molecular complexity index is 882. The fourth-order valence-electron chi connectivity index (χ4n) is 1.98. The molecule has 0 atom stereocenters. The molecule has 0 bridgehead atoms. The van der Waals surface area contributed by atoms with Crippen molar-refractivity contribution in [1.82, 2.24) is 8.75 Å². The van der Waals surface area contributed by atoms with Crippen molar-refractivity contribution < 1.29 is 9.53 Å². The molecule has 3 rings (SSSR count). The second-order valence-electron chi connectivity index (χ2n) is 4.80. The highest BCUT2D eigenvalue weighted by molar-refractivity contribution is 7.00. The van der Waals surface area contributed by atoms with Gasteiger partial charge in [-0.15, -0.1) is 0 Å². The number of aromatic nitrogens is 2. The van der Waals surface area contributed by atoms with Gasteiger partial charge in [0, 0.05) is 5.02 Å². The largest absolute Gasteiger partial charge is 0.484 e. The Labute approximate surface area is 146 Å². The van der Waals surface area contributed by atoms with Gasteiger partial charge in [0.1, 0.15) is 16.8 Å². The van der Waals surface area contributed by atoms with Crippen LogP contribution in [-0.2, 0) is 4.79 Å². The molecule has 0 aliphatic heterocycles. The van der Waals surface area contributed by atoms with Gasteiger partial charge in [-0.25, -0.2) is 0 Å². The molecule has 0 saturated heterocycles. The second-order valence-corrected chi connectivity index (χ2v) is 6.15. The fourth-order valence-corrected chi connectivity index (χ4v) is 2.84. The number of carbonyl (C=O) groups is 1. The van der Waals surface area contributed by atoms with Crippen LogP contribution in [0.3, 0.4) is 0 Å². The van der Waals surface area contributed by atoms with E-state index in [1.807, 2.05) is 6.92 Å². The van der Waals surface area contributed by atoms with E-state index in [4.69, 9.17) is 27.9 Å². The van der Waals surface area contributed by atoms with Crippen molar-refractivity contribution in [3.63, 3.8) is 0 Å². The Morgan fingerprint density at radius 3 is 2.78 bits per heavy atom. The van der Waals surface area contributed by atoms with Crippen molar-refractivity contribution in [3.05, 3.63) is 45.9 Å². The first-order valence-electron chi connectivity index (χ1n) is 6.64. The third kappa shape index (κ3) is 3.55. The van der Waals surface area contributed by atoms with E-state index in [2.05, 4.69) is 14.1 Å². The Hall–Kier alpha value is -1.89. The first kappa shape index (κ1) is 16.0. The van der Waals surface area contributed by atoms with E-state index >= 15 is 0 Å². The van der Waals surface area contributed by atoms with Gasteiger partial charge in [-0.3, -0.25) is 4.79 Å². The van der Waals surface area contributed by atoms with E-state index in [1.54, 1.807) is 30.3 Å². The van der Waals surface area contributed by atoms with Gasteiger partial charge in [-0.05, 0) is 42.8 Å². The third-order valence-corrected chi connectivity index (χ3v) is 4.42. The van der Waals surface area contributed by atoms with Crippen LogP contribution < -0.4 is 10.1 Å². The molecule has 0 spiro atoms. The van der Waals surface area contributed by atoms with Gasteiger partial charge in [0.05, 0.1) is 22.4 Å². The minimum atomic E-state index is -0.333. The number of rotatable bonds is 4. The van der Waals surface area contributed by atoms with Crippen LogP contribution in [0.2, 0.25) is 10.0 Å². The maximum Gasteiger partial charge on any atom is 0.262 e. The Balaban J connectivity index is 1.70. The summed E-state index contributed by atoms with van der Waals surface area (Å²) in [6, 6.07) is 8.63. The number of ether oxygens (including phenoxy) is 1. The minimum Gasteiger partial charge on any atom is -0.484 e. The van der Waals surface area contributed by atoms with Crippen molar-refractivity contribution in [2.45, 2.75) is 6.92 Å². The SMILES string of the molecule is Cc1cc(OCC(=O)Nc2c(Cl)ccc3nsnc23)ccc1Cl. The van der Waals surface area contributed by atoms with Crippen molar-refractivity contribution in [2.24, 2.45) is 0 Å². The van der Waals surface area contributed by atoms with Crippen LogP contribution in [0.4, 0.5) is 5.69 Å². The zero-order valence-electron chi connectivity index (χ0n) is 12.0. The third-order valence-electron chi connectivity index (χ3n) is 3.14. The van der Waals surface area contributed by atoms with Crippen LogP contribution in [0.15, 0.2) is 30.3 Å². The quantitative estimate of drug-likeness (QED) is 0.745. The smallest absolute Gasteiger partial charge is 0.262 e. The molecule has 23 heavy (non-hydrogen) atoms. The normalized spacial score (nSPS) is 10.7. The number of amides is 1. The Kier molecular flexibility index (Phi) is 4.66. The van der Waals surface area contributed by atoms with Gasteiger partial charge in [0.25, 0.3) is 5.91 Å². The van der Waals surface area contributed by atoms with Gasteiger partial charge in [0.2, 0.25) is 0 Å². The number of hydrogen-bond donors (Lipinski definition) is 1. The zero-order chi connectivity index (χ0) is 16.4. The zero-order valence-corrected chi connectivity index (χ0v) is 14.3. The van der Waals surface area contributed by atoms with E-state index in [9.17, 15) is 4.79 Å². The molecule has 0 fully saturated rings. The van der Waals surface area contributed by atoms with E-state index in [1.165, 1.54) is 0 Å². The summed E-state index contributed by atoms with van der Waals surface area (Å²) < 4.78 is 13.7. The molecule has 1 heterocycles. The van der Waals surface area contributed by atoms with Gasteiger partial charge >= 0.3 is 0 Å². The summed E-state index contributed by atoms with van der Waals surface area (Å²) >= 11 is 13.1. The van der Waals surface area contributed by atoms with Crippen molar-refractivity contribution in [3.8, 4) is 5.75 Å². The van der Waals surface area contributed by atoms with Gasteiger partial charge in [-0.1, -0.05) is 23.2 Å². The minimum absolute atomic E-state index is 0.147. The molecule has 1 N–H and O–H groups in total. The van der Waals surface area contributed by atoms with Crippen LogP contribution in [0.5, 0.6) is 5.75 Å². The van der Waals surface area contributed by atoms with Crippen LogP contribution in [0.1, 0.15) is 5.56 Å². The summed E-state index contributed by atoms with van der Waals surface area (Å²) in [7, 11) is 0. The summed E-state index contributed by atoms with van der Waals surface area (Å²) in [5.74, 6) is 0.238. The number of anilines is 1.